The Morgan fingerprint density at radius 1 is 0.982 bits per heavy atom. The second-order valence-electron chi connectivity index (χ2n) is 13.9. The zero-order valence-corrected chi connectivity index (χ0v) is 32.3. The lowest BCUT2D eigenvalue weighted by molar-refractivity contribution is -0.173. The molecule has 1 amide bonds. The molecule has 0 aliphatic carbocycles. The van der Waals surface area contributed by atoms with Crippen LogP contribution in [0.2, 0.25) is 0 Å². The molecule has 56 heavy (non-hydrogen) atoms. The zero-order valence-electron chi connectivity index (χ0n) is 32.3. The number of aliphatic hydroxyl groups excluding tert-OH is 1. The molecule has 4 aromatic rings. The number of nitrogens with one attached hydrogen (secondary N) is 2. The summed E-state index contributed by atoms with van der Waals surface area (Å²) >= 11 is 0. The molecule has 2 aromatic heterocycles. The first-order valence-corrected chi connectivity index (χ1v) is 17.5. The molecule has 2 heterocycles. The van der Waals surface area contributed by atoms with Crippen LogP contribution >= 0.6 is 0 Å². The van der Waals surface area contributed by atoms with Gasteiger partial charge >= 0.3 is 24.0 Å². The molecule has 0 unspecified atom stereocenters. The third-order valence-electron chi connectivity index (χ3n) is 7.87. The Kier molecular flexibility index (Phi) is 14.4. The smallest absolute Gasteiger partial charge is 0.412 e. The van der Waals surface area contributed by atoms with Crippen molar-refractivity contribution in [3.8, 4) is 23.5 Å². The maximum Gasteiger partial charge on any atom is 0.412 e. The Labute approximate surface area is 323 Å². The molecule has 0 saturated carbocycles. The molecule has 0 spiro atoms. The highest BCUT2D eigenvalue weighted by atomic mass is 19.1. The average Bonchev–Trinajstić information content (AvgIpc) is 3.60. The summed E-state index contributed by atoms with van der Waals surface area (Å²) in [7, 11) is 1.40. The lowest BCUT2D eigenvalue weighted by Crippen LogP contribution is -2.37. The minimum atomic E-state index is -1.63. The minimum Gasteiger partial charge on any atom is -0.497 e. The number of halogens is 1. The number of nitrogens with zero attached hydrogens (tertiary/aromatic N) is 5. The molecule has 2 aromatic carbocycles. The summed E-state index contributed by atoms with van der Waals surface area (Å²) in [5.41, 5.74) is -0.812. The van der Waals surface area contributed by atoms with Crippen molar-refractivity contribution in [2.24, 2.45) is 10.8 Å². The largest absolute Gasteiger partial charge is 0.497 e. The van der Waals surface area contributed by atoms with Crippen molar-refractivity contribution in [3.05, 3.63) is 83.2 Å². The molecule has 0 saturated heterocycles. The summed E-state index contributed by atoms with van der Waals surface area (Å²) in [6.07, 6.45) is 2.22. The summed E-state index contributed by atoms with van der Waals surface area (Å²) in [5, 5.41) is 24.8. The molecule has 0 aliphatic rings. The lowest BCUT2D eigenvalue weighted by Gasteiger charge is -2.20. The number of benzene rings is 2. The van der Waals surface area contributed by atoms with Crippen LogP contribution in [-0.4, -0.2) is 94.0 Å². The molecule has 0 aliphatic heterocycles. The van der Waals surface area contributed by atoms with Crippen LogP contribution in [0.3, 0.4) is 0 Å². The van der Waals surface area contributed by atoms with Gasteiger partial charge in [-0.1, -0.05) is 45.0 Å². The van der Waals surface area contributed by atoms with E-state index in [1.165, 1.54) is 45.5 Å². The molecular weight excluding hydrogens is 733 g/mol. The fourth-order valence-corrected chi connectivity index (χ4v) is 4.90. The second kappa shape index (κ2) is 18.9. The molecule has 17 nitrogen and oxygen atoms in total. The summed E-state index contributed by atoms with van der Waals surface area (Å²) in [4.78, 5) is 50.5. The maximum absolute atomic E-state index is 16.4. The topological polar surface area (TPSA) is 219 Å². The molecule has 18 heteroatoms. The molecule has 3 N–H and O–H groups in total. The number of aliphatic hydroxyl groups is 1. The highest BCUT2D eigenvalue weighted by molar-refractivity contribution is 6.04. The zero-order chi connectivity index (χ0) is 41.0. The van der Waals surface area contributed by atoms with Crippen molar-refractivity contribution in [1.82, 2.24) is 30.0 Å². The summed E-state index contributed by atoms with van der Waals surface area (Å²) in [6.45, 7) is 9.02. The Bertz CT molecular complexity index is 1980. The van der Waals surface area contributed by atoms with Crippen molar-refractivity contribution in [1.29, 1.82) is 5.41 Å². The number of ether oxygens (including phenoxy) is 6. The van der Waals surface area contributed by atoms with Gasteiger partial charge in [0.15, 0.2) is 22.8 Å². The van der Waals surface area contributed by atoms with Crippen LogP contribution < -0.4 is 19.5 Å². The fraction of sp³-hybridized carbons (Fsp3) is 0.421. The van der Waals surface area contributed by atoms with Gasteiger partial charge in [0.05, 0.1) is 32.8 Å². The number of amidine groups is 1. The monoisotopic (exact) mass is 779 g/mol. The third-order valence-corrected chi connectivity index (χ3v) is 7.87. The first-order valence-electron chi connectivity index (χ1n) is 17.5. The SMILES string of the molecule is CCOC(=O)C(C)(C)C(=O)OCOc1nc([C@H](Cc2ccc(C(=N)NC(=O)OCC(C)(C)C)cc2)c2cc(OC)cc(OCCO)c2F)nn1-c1ncccn1. The number of rotatable bonds is 17. The Morgan fingerprint density at radius 2 is 1.66 bits per heavy atom. The van der Waals surface area contributed by atoms with Gasteiger partial charge in [-0.15, -0.1) is 9.78 Å². The van der Waals surface area contributed by atoms with Crippen molar-refractivity contribution in [2.75, 3.05) is 40.3 Å². The number of carbonyl (C=O) groups is 3. The molecule has 300 valence electrons. The van der Waals surface area contributed by atoms with Crippen molar-refractivity contribution in [3.63, 3.8) is 0 Å². The number of hydrogen-bond acceptors (Lipinski definition) is 15. The number of amides is 1. The van der Waals surface area contributed by atoms with E-state index in [1.54, 1.807) is 37.3 Å². The highest BCUT2D eigenvalue weighted by Crippen LogP contribution is 2.37. The highest BCUT2D eigenvalue weighted by Gasteiger charge is 2.39. The standard InChI is InChI=1S/C38H46FN7O10/c1-8-52-32(48)38(5,6)33(49)55-22-56-35-44-31(45-46(35)34-41-14-9-15-42-34)27(26-19-25(51-7)20-28(29(26)39)53-17-16-47)18-23-10-12-24(13-11-23)30(40)43-36(50)54-21-37(2,3)4/h9-15,19-20,27,47H,8,16-18,21-22H2,1-7H3,(H2,40,43,50)/t27-/m1/s1. The molecule has 4 rings (SSSR count). The van der Waals surface area contributed by atoms with Gasteiger partial charge in [0.25, 0.3) is 5.95 Å². The Hall–Kier alpha value is -6.17. The van der Waals surface area contributed by atoms with Crippen LogP contribution in [0.1, 0.15) is 70.0 Å². The molecule has 1 atom stereocenters. The van der Waals surface area contributed by atoms with E-state index in [0.717, 1.165) is 4.68 Å². The van der Waals surface area contributed by atoms with E-state index in [1.807, 2.05) is 20.8 Å². The number of methoxy groups -OCH3 is 1. The maximum atomic E-state index is 16.4. The average molecular weight is 780 g/mol. The molecular formula is C38H46FN7O10. The number of hydrogen-bond donors (Lipinski definition) is 3. The Balaban J connectivity index is 1.72. The number of esters is 2. The van der Waals surface area contributed by atoms with E-state index in [0.29, 0.717) is 11.1 Å². The summed E-state index contributed by atoms with van der Waals surface area (Å²) in [6, 6.07) is 10.8. The van der Waals surface area contributed by atoms with E-state index in [-0.39, 0.29) is 78.9 Å². The first kappa shape index (κ1) is 42.6. The van der Waals surface area contributed by atoms with Crippen LogP contribution in [0.4, 0.5) is 9.18 Å². The van der Waals surface area contributed by atoms with E-state index in [4.69, 9.17) is 33.8 Å². The molecule has 0 radical (unpaired) electrons. The predicted octanol–water partition coefficient (Wildman–Crippen LogP) is 4.52. The lowest BCUT2D eigenvalue weighted by atomic mass is 9.90. The van der Waals surface area contributed by atoms with Gasteiger partial charge in [-0.2, -0.15) is 4.98 Å². The van der Waals surface area contributed by atoms with Crippen molar-refractivity contribution < 1.29 is 52.3 Å². The van der Waals surface area contributed by atoms with Crippen LogP contribution in [-0.2, 0) is 30.2 Å². The summed E-state index contributed by atoms with van der Waals surface area (Å²) < 4.78 is 49.7. The Morgan fingerprint density at radius 3 is 2.29 bits per heavy atom. The van der Waals surface area contributed by atoms with Crippen LogP contribution in [0.15, 0.2) is 54.9 Å². The van der Waals surface area contributed by atoms with Gasteiger partial charge in [0.1, 0.15) is 18.2 Å². The van der Waals surface area contributed by atoms with E-state index < -0.39 is 42.0 Å². The van der Waals surface area contributed by atoms with Gasteiger partial charge in [-0.25, -0.2) is 19.2 Å². The molecule has 0 fully saturated rings. The fourth-order valence-electron chi connectivity index (χ4n) is 4.90. The van der Waals surface area contributed by atoms with E-state index >= 15 is 4.39 Å². The van der Waals surface area contributed by atoms with Gasteiger partial charge < -0.3 is 33.5 Å². The predicted molar refractivity (Wildman–Crippen MR) is 197 cm³/mol. The number of alkyl carbamates (subject to hydrolysis) is 1. The first-order chi connectivity index (χ1) is 26.6. The summed E-state index contributed by atoms with van der Waals surface area (Å²) in [5.74, 6) is -3.54. The second-order valence-corrected chi connectivity index (χ2v) is 13.9. The normalized spacial score (nSPS) is 11.9. The number of aromatic nitrogens is 5. The number of carbonyl (C=O) groups excluding carboxylic acids is 3. The van der Waals surface area contributed by atoms with Gasteiger partial charge in [-0.05, 0) is 50.3 Å². The van der Waals surface area contributed by atoms with Crippen LogP contribution in [0.25, 0.3) is 5.95 Å². The van der Waals surface area contributed by atoms with Gasteiger partial charge in [0.2, 0.25) is 6.79 Å². The van der Waals surface area contributed by atoms with Gasteiger partial charge in [0, 0.05) is 29.6 Å². The van der Waals surface area contributed by atoms with Crippen LogP contribution in [0, 0.1) is 22.1 Å². The van der Waals surface area contributed by atoms with Crippen molar-refractivity contribution in [2.45, 2.75) is 53.9 Å². The van der Waals surface area contributed by atoms with E-state index in [2.05, 4.69) is 25.4 Å². The van der Waals surface area contributed by atoms with Gasteiger partial charge in [-0.3, -0.25) is 20.3 Å². The molecule has 0 bridgehead atoms. The van der Waals surface area contributed by atoms with Crippen molar-refractivity contribution >= 4 is 23.9 Å². The van der Waals surface area contributed by atoms with Crippen LogP contribution in [0.5, 0.6) is 17.5 Å². The third kappa shape index (κ3) is 11.2. The minimum absolute atomic E-state index is 0.0194. The quantitative estimate of drug-likeness (QED) is 0.0335. The van der Waals surface area contributed by atoms with E-state index in [9.17, 15) is 19.5 Å².